The highest BCUT2D eigenvalue weighted by molar-refractivity contribution is 5.27. The molecule has 12 heavy (non-hydrogen) atoms. The average Bonchev–Trinajstić information content (AvgIpc) is 2.90. The lowest BCUT2D eigenvalue weighted by Crippen LogP contribution is -1.98. The van der Waals surface area contributed by atoms with Crippen LogP contribution in [0, 0.1) is 0 Å². The second-order valence-electron chi connectivity index (χ2n) is 3.17. The van der Waals surface area contributed by atoms with E-state index >= 15 is 0 Å². The summed E-state index contributed by atoms with van der Waals surface area (Å²) < 4.78 is 5.58. The Kier molecular flexibility index (Phi) is 2.00. The van der Waals surface area contributed by atoms with Gasteiger partial charge in [0.05, 0.1) is 6.10 Å². The molecule has 0 heterocycles. The smallest absolute Gasteiger partial charge is 0.119 e. The highest BCUT2D eigenvalue weighted by Gasteiger charge is 2.23. The zero-order valence-corrected chi connectivity index (χ0v) is 6.99. The first-order valence-corrected chi connectivity index (χ1v) is 4.34. The van der Waals surface area contributed by atoms with Crippen LogP contribution >= 0.6 is 0 Å². The van der Waals surface area contributed by atoms with Crippen LogP contribution in [0.5, 0.6) is 5.75 Å². The molecule has 0 spiro atoms. The van der Waals surface area contributed by atoms with Gasteiger partial charge in [-0.25, -0.2) is 0 Å². The lowest BCUT2D eigenvalue weighted by molar-refractivity contribution is 0.303. The van der Waals surface area contributed by atoms with Gasteiger partial charge in [-0.15, -0.1) is 0 Å². The van der Waals surface area contributed by atoms with Crippen molar-refractivity contribution >= 4 is 0 Å². The minimum atomic E-state index is 0.480. The van der Waals surface area contributed by atoms with Crippen LogP contribution in [-0.2, 0) is 6.54 Å². The summed E-state index contributed by atoms with van der Waals surface area (Å²) in [6, 6.07) is 8.00. The molecule has 2 heteroatoms. The number of ether oxygens (including phenoxy) is 1. The van der Waals surface area contributed by atoms with Crippen LogP contribution in [0.15, 0.2) is 24.3 Å². The SMILES string of the molecule is NCc1ccc(OC2CC2)cc1. The fraction of sp³-hybridized carbons (Fsp3) is 0.400. The van der Waals surface area contributed by atoms with E-state index in [2.05, 4.69) is 0 Å². The second-order valence-corrected chi connectivity index (χ2v) is 3.17. The lowest BCUT2D eigenvalue weighted by Gasteiger charge is -2.03. The van der Waals surface area contributed by atoms with E-state index < -0.39 is 0 Å². The number of hydrogen-bond acceptors (Lipinski definition) is 2. The maximum Gasteiger partial charge on any atom is 0.119 e. The van der Waals surface area contributed by atoms with E-state index in [1.54, 1.807) is 0 Å². The highest BCUT2D eigenvalue weighted by Crippen LogP contribution is 2.26. The first-order chi connectivity index (χ1) is 5.88. The minimum absolute atomic E-state index is 0.480. The molecule has 0 unspecified atom stereocenters. The van der Waals surface area contributed by atoms with Crippen LogP contribution in [0.4, 0.5) is 0 Å². The van der Waals surface area contributed by atoms with E-state index in [1.807, 2.05) is 24.3 Å². The topological polar surface area (TPSA) is 35.2 Å². The summed E-state index contributed by atoms with van der Waals surface area (Å²) in [7, 11) is 0. The van der Waals surface area contributed by atoms with Crippen molar-refractivity contribution in [2.75, 3.05) is 0 Å². The molecule has 0 aromatic heterocycles. The standard InChI is InChI=1S/C10H13NO/c11-7-8-1-3-9(4-2-8)12-10-5-6-10/h1-4,10H,5-7,11H2. The van der Waals surface area contributed by atoms with Gasteiger partial charge in [0.2, 0.25) is 0 Å². The third-order valence-electron chi connectivity index (χ3n) is 1.99. The molecule has 0 saturated heterocycles. The molecule has 1 saturated carbocycles. The second kappa shape index (κ2) is 3.15. The Labute approximate surface area is 72.3 Å². The summed E-state index contributed by atoms with van der Waals surface area (Å²) >= 11 is 0. The quantitative estimate of drug-likeness (QED) is 0.735. The Hall–Kier alpha value is -1.02. The monoisotopic (exact) mass is 163 g/mol. The maximum absolute atomic E-state index is 5.58. The predicted octanol–water partition coefficient (Wildman–Crippen LogP) is 1.69. The molecule has 2 nitrogen and oxygen atoms in total. The average molecular weight is 163 g/mol. The molecule has 0 aliphatic heterocycles. The molecular formula is C10H13NO. The van der Waals surface area contributed by atoms with Crippen molar-refractivity contribution in [3.05, 3.63) is 29.8 Å². The zero-order chi connectivity index (χ0) is 8.39. The molecule has 0 amide bonds. The van der Waals surface area contributed by atoms with Gasteiger partial charge in [-0.1, -0.05) is 12.1 Å². The van der Waals surface area contributed by atoms with Gasteiger partial charge in [0, 0.05) is 6.54 Å². The van der Waals surface area contributed by atoms with E-state index in [1.165, 1.54) is 12.8 Å². The highest BCUT2D eigenvalue weighted by atomic mass is 16.5. The Morgan fingerprint density at radius 2 is 1.92 bits per heavy atom. The normalized spacial score (nSPS) is 16.1. The Balaban J connectivity index is 2.02. The molecule has 1 aliphatic rings. The summed E-state index contributed by atoms with van der Waals surface area (Å²) in [6.45, 7) is 0.601. The fourth-order valence-electron chi connectivity index (χ4n) is 1.08. The Bertz CT molecular complexity index is 251. The third-order valence-corrected chi connectivity index (χ3v) is 1.99. The van der Waals surface area contributed by atoms with Gasteiger partial charge in [0.1, 0.15) is 5.75 Å². The molecule has 0 bridgehead atoms. The van der Waals surface area contributed by atoms with Crippen LogP contribution in [0.1, 0.15) is 18.4 Å². The summed E-state index contributed by atoms with van der Waals surface area (Å²) in [5.41, 5.74) is 6.62. The van der Waals surface area contributed by atoms with Crippen molar-refractivity contribution in [3.63, 3.8) is 0 Å². The predicted molar refractivity (Wildman–Crippen MR) is 48.0 cm³/mol. The van der Waals surface area contributed by atoms with Gasteiger partial charge in [0.15, 0.2) is 0 Å². The first-order valence-electron chi connectivity index (χ1n) is 4.34. The minimum Gasteiger partial charge on any atom is -0.490 e. The maximum atomic E-state index is 5.58. The molecular weight excluding hydrogens is 150 g/mol. The van der Waals surface area contributed by atoms with Crippen LogP contribution in [0.25, 0.3) is 0 Å². The van der Waals surface area contributed by atoms with Crippen molar-refractivity contribution in [2.45, 2.75) is 25.5 Å². The molecule has 1 aromatic carbocycles. The van der Waals surface area contributed by atoms with Crippen LogP contribution < -0.4 is 10.5 Å². The van der Waals surface area contributed by atoms with Crippen LogP contribution in [0.3, 0.4) is 0 Å². The van der Waals surface area contributed by atoms with Gasteiger partial charge < -0.3 is 10.5 Å². The summed E-state index contributed by atoms with van der Waals surface area (Å²) in [6.07, 6.45) is 2.89. The largest absolute Gasteiger partial charge is 0.490 e. The van der Waals surface area contributed by atoms with Gasteiger partial charge >= 0.3 is 0 Å². The molecule has 2 rings (SSSR count). The molecule has 1 aromatic rings. The molecule has 2 N–H and O–H groups in total. The Morgan fingerprint density at radius 1 is 1.25 bits per heavy atom. The third kappa shape index (κ3) is 1.77. The van der Waals surface area contributed by atoms with Gasteiger partial charge in [-0.2, -0.15) is 0 Å². The van der Waals surface area contributed by atoms with Crippen molar-refractivity contribution < 1.29 is 4.74 Å². The molecule has 1 aliphatic carbocycles. The van der Waals surface area contributed by atoms with Crippen LogP contribution in [-0.4, -0.2) is 6.10 Å². The van der Waals surface area contributed by atoms with E-state index in [4.69, 9.17) is 10.5 Å². The van der Waals surface area contributed by atoms with E-state index in [9.17, 15) is 0 Å². The van der Waals surface area contributed by atoms with Crippen LogP contribution in [0.2, 0.25) is 0 Å². The van der Waals surface area contributed by atoms with Crippen molar-refractivity contribution in [1.29, 1.82) is 0 Å². The summed E-state index contributed by atoms with van der Waals surface area (Å²) in [5, 5.41) is 0. The molecule has 0 atom stereocenters. The van der Waals surface area contributed by atoms with Gasteiger partial charge in [-0.05, 0) is 30.5 Å². The first kappa shape index (κ1) is 7.62. The van der Waals surface area contributed by atoms with E-state index in [0.717, 1.165) is 11.3 Å². The van der Waals surface area contributed by atoms with E-state index in [-0.39, 0.29) is 0 Å². The number of nitrogens with two attached hydrogens (primary N) is 1. The summed E-state index contributed by atoms with van der Waals surface area (Å²) in [4.78, 5) is 0. The van der Waals surface area contributed by atoms with Crippen molar-refractivity contribution in [3.8, 4) is 5.75 Å². The van der Waals surface area contributed by atoms with Crippen molar-refractivity contribution in [2.24, 2.45) is 5.73 Å². The van der Waals surface area contributed by atoms with Gasteiger partial charge in [0.25, 0.3) is 0 Å². The van der Waals surface area contributed by atoms with Gasteiger partial charge in [-0.3, -0.25) is 0 Å². The molecule has 0 radical (unpaired) electrons. The number of rotatable bonds is 3. The number of hydrogen-bond donors (Lipinski definition) is 1. The Morgan fingerprint density at radius 3 is 2.42 bits per heavy atom. The zero-order valence-electron chi connectivity index (χ0n) is 6.99. The van der Waals surface area contributed by atoms with E-state index in [0.29, 0.717) is 12.6 Å². The molecule has 64 valence electrons. The molecule has 1 fully saturated rings. The summed E-state index contributed by atoms with van der Waals surface area (Å²) in [5.74, 6) is 0.967. The van der Waals surface area contributed by atoms with Crippen molar-refractivity contribution in [1.82, 2.24) is 0 Å². The fourth-order valence-corrected chi connectivity index (χ4v) is 1.08. The number of benzene rings is 1. The lowest BCUT2D eigenvalue weighted by atomic mass is 10.2.